The molecule has 0 saturated heterocycles. The van der Waals surface area contributed by atoms with E-state index in [9.17, 15) is 0 Å². The van der Waals surface area contributed by atoms with Gasteiger partial charge in [0.15, 0.2) is 0 Å². The van der Waals surface area contributed by atoms with Crippen LogP contribution >= 0.6 is 34.8 Å². The second kappa shape index (κ2) is 13.4. The minimum atomic E-state index is 0.195. The molecule has 2 aromatic rings. The minimum Gasteiger partial charge on any atom is -0.493 e. The van der Waals surface area contributed by atoms with Gasteiger partial charge < -0.3 is 14.3 Å². The summed E-state index contributed by atoms with van der Waals surface area (Å²) in [5.41, 5.74) is 3.14. The van der Waals surface area contributed by atoms with E-state index < -0.39 is 0 Å². The molecule has 4 nitrogen and oxygen atoms in total. The summed E-state index contributed by atoms with van der Waals surface area (Å²) in [6, 6.07) is 11.4. The lowest BCUT2D eigenvalue weighted by molar-refractivity contribution is 0.128. The van der Waals surface area contributed by atoms with E-state index >= 15 is 0 Å². The van der Waals surface area contributed by atoms with Gasteiger partial charge in [-0.25, -0.2) is 0 Å². The molecule has 30 heavy (non-hydrogen) atoms. The minimum absolute atomic E-state index is 0.195. The normalized spacial score (nSPS) is 10.8. The quantitative estimate of drug-likeness (QED) is 0.191. The van der Waals surface area contributed by atoms with Crippen molar-refractivity contribution in [2.75, 3.05) is 19.8 Å². The van der Waals surface area contributed by atoms with Gasteiger partial charge in [-0.15, -0.1) is 0 Å². The Hall–Kier alpha value is -1.88. The van der Waals surface area contributed by atoms with Crippen LogP contribution in [0.25, 0.3) is 0 Å². The van der Waals surface area contributed by atoms with Crippen molar-refractivity contribution < 1.29 is 14.3 Å². The topological polar surface area (TPSA) is 40.0 Å². The summed E-state index contributed by atoms with van der Waals surface area (Å²) in [5, 5.41) is 4.67. The number of rotatable bonds is 12. The van der Waals surface area contributed by atoms with E-state index in [2.05, 4.69) is 19.0 Å². The van der Waals surface area contributed by atoms with Gasteiger partial charge in [-0.2, -0.15) is 0 Å². The van der Waals surface area contributed by atoms with Gasteiger partial charge in [0.05, 0.1) is 12.8 Å². The molecule has 2 rings (SSSR count). The van der Waals surface area contributed by atoms with E-state index in [1.54, 1.807) is 12.3 Å². The van der Waals surface area contributed by atoms with Crippen LogP contribution in [0.1, 0.15) is 37.0 Å². The lowest BCUT2D eigenvalue weighted by Gasteiger charge is -2.17. The zero-order valence-corrected chi connectivity index (χ0v) is 19.4. The first-order chi connectivity index (χ1) is 14.5. The molecule has 0 heterocycles. The summed E-state index contributed by atoms with van der Waals surface area (Å²) in [4.78, 5) is 5.31. The van der Waals surface area contributed by atoms with Crippen molar-refractivity contribution in [1.29, 1.82) is 0 Å². The average molecular weight is 471 g/mol. The number of benzene rings is 2. The number of aryl methyl sites for hydroxylation is 2. The number of oxime groups is 1. The van der Waals surface area contributed by atoms with Crippen LogP contribution < -0.4 is 9.47 Å². The summed E-state index contributed by atoms with van der Waals surface area (Å²) < 4.78 is 12.0. The van der Waals surface area contributed by atoms with Gasteiger partial charge in [-0.1, -0.05) is 65.9 Å². The molecule has 0 atom stereocenters. The third-order valence-corrected chi connectivity index (χ3v) is 4.80. The van der Waals surface area contributed by atoms with Crippen LogP contribution in [0.3, 0.4) is 0 Å². The summed E-state index contributed by atoms with van der Waals surface area (Å²) in [7, 11) is 0. The average Bonchev–Trinajstić information content (AvgIpc) is 2.74. The predicted octanol–water partition coefficient (Wildman–Crippen LogP) is 6.98. The lowest BCUT2D eigenvalue weighted by Crippen LogP contribution is -2.06. The van der Waals surface area contributed by atoms with E-state index in [4.69, 9.17) is 49.1 Å². The standard InChI is InChI=1S/C23H26Cl3NO3/c1-3-18-14-21(28-13-10-22(25)26)15-19(4-2)23(18)29-11-5-12-30-27-16-17-6-8-20(24)9-7-17/h6-10,14-16H,3-5,11-13H2,1-2H3. The van der Waals surface area contributed by atoms with Crippen LogP contribution in [0.5, 0.6) is 11.5 Å². The van der Waals surface area contributed by atoms with Crippen molar-refractivity contribution in [3.05, 3.63) is 68.7 Å². The molecule has 0 unspecified atom stereocenters. The molecule has 0 bridgehead atoms. The van der Waals surface area contributed by atoms with Gasteiger partial charge in [0, 0.05) is 11.4 Å². The van der Waals surface area contributed by atoms with Crippen molar-refractivity contribution in [3.63, 3.8) is 0 Å². The number of nitrogens with zero attached hydrogens (tertiary/aromatic N) is 1. The first kappa shape index (κ1) is 24.4. The Kier molecular flexibility index (Phi) is 10.9. The van der Waals surface area contributed by atoms with E-state index in [1.165, 1.54) is 0 Å². The number of ether oxygens (including phenoxy) is 2. The van der Waals surface area contributed by atoms with Gasteiger partial charge >= 0.3 is 0 Å². The highest BCUT2D eigenvalue weighted by Gasteiger charge is 2.11. The van der Waals surface area contributed by atoms with Crippen LogP contribution in [-0.2, 0) is 17.7 Å². The molecule has 0 aliphatic rings. The number of halogens is 3. The highest BCUT2D eigenvalue weighted by molar-refractivity contribution is 6.55. The highest BCUT2D eigenvalue weighted by atomic mass is 35.5. The summed E-state index contributed by atoms with van der Waals surface area (Å²) >= 11 is 17.1. The van der Waals surface area contributed by atoms with E-state index in [0.717, 1.165) is 47.5 Å². The Morgan fingerprint density at radius 1 is 0.967 bits per heavy atom. The number of hydrogen-bond acceptors (Lipinski definition) is 4. The lowest BCUT2D eigenvalue weighted by atomic mass is 10.0. The molecule has 7 heteroatoms. The van der Waals surface area contributed by atoms with Crippen molar-refractivity contribution in [3.8, 4) is 11.5 Å². The molecule has 0 fully saturated rings. The Labute approximate surface area is 193 Å². The number of hydrogen-bond donors (Lipinski definition) is 0. The van der Waals surface area contributed by atoms with Gasteiger partial charge in [0.25, 0.3) is 0 Å². The molecule has 0 aliphatic heterocycles. The summed E-state index contributed by atoms with van der Waals surface area (Å²) in [6.45, 7) is 5.52. The molecule has 162 valence electrons. The van der Waals surface area contributed by atoms with Crippen LogP contribution in [0.2, 0.25) is 5.02 Å². The zero-order chi connectivity index (χ0) is 21.8. The maximum Gasteiger partial charge on any atom is 0.125 e. The van der Waals surface area contributed by atoms with Crippen LogP contribution in [0.4, 0.5) is 0 Å². The van der Waals surface area contributed by atoms with E-state index in [-0.39, 0.29) is 4.49 Å². The second-order valence-corrected chi connectivity index (χ2v) is 7.85. The SMILES string of the molecule is CCc1cc(OCC=C(Cl)Cl)cc(CC)c1OCCCON=Cc1ccc(Cl)cc1. The Morgan fingerprint density at radius 2 is 1.63 bits per heavy atom. The second-order valence-electron chi connectivity index (χ2n) is 6.40. The Bertz CT molecular complexity index is 822. The van der Waals surface area contributed by atoms with Gasteiger partial charge in [-0.3, -0.25) is 0 Å². The first-order valence-electron chi connectivity index (χ1n) is 9.86. The van der Waals surface area contributed by atoms with Gasteiger partial charge in [0.1, 0.15) is 29.2 Å². The largest absolute Gasteiger partial charge is 0.493 e. The summed E-state index contributed by atoms with van der Waals surface area (Å²) in [5.74, 6) is 1.70. The monoisotopic (exact) mass is 469 g/mol. The third-order valence-electron chi connectivity index (χ3n) is 4.24. The summed E-state index contributed by atoms with van der Waals surface area (Å²) in [6.07, 6.45) is 5.68. The van der Waals surface area contributed by atoms with Crippen molar-refractivity contribution >= 4 is 41.0 Å². The third kappa shape index (κ3) is 8.47. The maximum atomic E-state index is 6.07. The van der Waals surface area contributed by atoms with Crippen LogP contribution in [0.15, 0.2) is 52.1 Å². The molecule has 2 aromatic carbocycles. The molecule has 0 aromatic heterocycles. The fourth-order valence-electron chi connectivity index (χ4n) is 2.71. The Balaban J connectivity index is 1.84. The first-order valence-corrected chi connectivity index (χ1v) is 11.0. The zero-order valence-electron chi connectivity index (χ0n) is 17.2. The predicted molar refractivity (Wildman–Crippen MR) is 126 cm³/mol. The molecule has 0 aliphatic carbocycles. The maximum absolute atomic E-state index is 6.07. The molecular formula is C23H26Cl3NO3. The molecule has 0 N–H and O–H groups in total. The molecule has 0 radical (unpaired) electrons. The van der Waals surface area contributed by atoms with Crippen LogP contribution in [0, 0.1) is 0 Å². The van der Waals surface area contributed by atoms with E-state index in [0.29, 0.717) is 24.8 Å². The van der Waals surface area contributed by atoms with Crippen molar-refractivity contribution in [1.82, 2.24) is 0 Å². The highest BCUT2D eigenvalue weighted by Crippen LogP contribution is 2.31. The van der Waals surface area contributed by atoms with Gasteiger partial charge in [0.2, 0.25) is 0 Å². The molecule has 0 spiro atoms. The van der Waals surface area contributed by atoms with Crippen molar-refractivity contribution in [2.45, 2.75) is 33.1 Å². The fraction of sp³-hybridized carbons (Fsp3) is 0.348. The van der Waals surface area contributed by atoms with Gasteiger partial charge in [-0.05, 0) is 59.9 Å². The van der Waals surface area contributed by atoms with E-state index in [1.807, 2.05) is 36.4 Å². The molecule has 0 amide bonds. The Morgan fingerprint density at radius 3 is 2.23 bits per heavy atom. The molecule has 0 saturated carbocycles. The molecular weight excluding hydrogens is 445 g/mol. The van der Waals surface area contributed by atoms with Crippen LogP contribution in [-0.4, -0.2) is 26.0 Å². The smallest absolute Gasteiger partial charge is 0.125 e. The van der Waals surface area contributed by atoms with Crippen molar-refractivity contribution in [2.24, 2.45) is 5.16 Å². The fourth-order valence-corrected chi connectivity index (χ4v) is 2.97.